The molecule has 7 nitrogen and oxygen atoms in total. The SMILES string of the molecule is Cc1noc(COC2CCCN(C(=O)C3CCOCC3)C2)n1. The van der Waals surface area contributed by atoms with Crippen molar-refractivity contribution in [3.05, 3.63) is 11.7 Å². The molecule has 3 rings (SSSR count). The Morgan fingerprint density at radius 2 is 2.18 bits per heavy atom. The molecule has 7 heteroatoms. The second kappa shape index (κ2) is 7.19. The fraction of sp³-hybridized carbons (Fsp3) is 0.800. The highest BCUT2D eigenvalue weighted by Crippen LogP contribution is 2.22. The Morgan fingerprint density at radius 3 is 2.91 bits per heavy atom. The Bertz CT molecular complexity index is 499. The molecule has 0 radical (unpaired) electrons. The van der Waals surface area contributed by atoms with Crippen molar-refractivity contribution in [2.45, 2.75) is 45.3 Å². The molecule has 0 aliphatic carbocycles. The summed E-state index contributed by atoms with van der Waals surface area (Å²) in [6, 6.07) is 0. The number of carbonyl (C=O) groups excluding carboxylic acids is 1. The van der Waals surface area contributed by atoms with Gasteiger partial charge in [-0.25, -0.2) is 0 Å². The summed E-state index contributed by atoms with van der Waals surface area (Å²) in [6.07, 6.45) is 3.65. The number of aromatic nitrogens is 2. The lowest BCUT2D eigenvalue weighted by molar-refractivity contribution is -0.143. The van der Waals surface area contributed by atoms with Crippen LogP contribution in [-0.4, -0.2) is 53.4 Å². The molecule has 1 aromatic rings. The lowest BCUT2D eigenvalue weighted by atomic mass is 9.97. The standard InChI is InChI=1S/C15H23N3O4/c1-11-16-14(22-17-11)10-21-13-3-2-6-18(9-13)15(19)12-4-7-20-8-5-12/h12-13H,2-10H2,1H3. The van der Waals surface area contributed by atoms with Crippen molar-refractivity contribution >= 4 is 5.91 Å². The molecule has 2 fully saturated rings. The quantitative estimate of drug-likeness (QED) is 0.834. The van der Waals surface area contributed by atoms with E-state index in [2.05, 4.69) is 10.1 Å². The van der Waals surface area contributed by atoms with Crippen molar-refractivity contribution in [3.8, 4) is 0 Å². The molecule has 0 bridgehead atoms. The number of nitrogens with zero attached hydrogens (tertiary/aromatic N) is 3. The predicted molar refractivity (Wildman–Crippen MR) is 77.0 cm³/mol. The monoisotopic (exact) mass is 309 g/mol. The molecule has 0 N–H and O–H groups in total. The lowest BCUT2D eigenvalue weighted by Gasteiger charge is -2.35. The molecule has 22 heavy (non-hydrogen) atoms. The minimum absolute atomic E-state index is 0.0461. The van der Waals surface area contributed by atoms with Crippen molar-refractivity contribution in [2.75, 3.05) is 26.3 Å². The Morgan fingerprint density at radius 1 is 1.36 bits per heavy atom. The molecule has 0 aromatic carbocycles. The van der Waals surface area contributed by atoms with Crippen LogP contribution in [-0.2, 0) is 20.9 Å². The molecule has 1 unspecified atom stereocenters. The molecule has 2 saturated heterocycles. The summed E-state index contributed by atoms with van der Waals surface area (Å²) in [4.78, 5) is 18.6. The smallest absolute Gasteiger partial charge is 0.252 e. The third-order valence-electron chi connectivity index (χ3n) is 4.27. The Labute approximate surface area is 129 Å². The normalized spacial score (nSPS) is 23.7. The second-order valence-electron chi connectivity index (χ2n) is 5.98. The van der Waals surface area contributed by atoms with Gasteiger partial charge in [0, 0.05) is 32.2 Å². The van der Waals surface area contributed by atoms with Crippen molar-refractivity contribution in [1.82, 2.24) is 15.0 Å². The number of hydrogen-bond donors (Lipinski definition) is 0. The summed E-state index contributed by atoms with van der Waals surface area (Å²) in [7, 11) is 0. The summed E-state index contributed by atoms with van der Waals surface area (Å²) in [5.74, 6) is 1.47. The summed E-state index contributed by atoms with van der Waals surface area (Å²) in [5.41, 5.74) is 0. The topological polar surface area (TPSA) is 77.7 Å². The number of aryl methyl sites for hydroxylation is 1. The number of amides is 1. The molecule has 2 aliphatic heterocycles. The van der Waals surface area contributed by atoms with Gasteiger partial charge in [-0.1, -0.05) is 5.16 Å². The van der Waals surface area contributed by atoms with Crippen LogP contribution in [0.15, 0.2) is 4.52 Å². The summed E-state index contributed by atoms with van der Waals surface area (Å²) < 4.78 is 16.2. The molecular formula is C15H23N3O4. The summed E-state index contributed by atoms with van der Waals surface area (Å²) in [6.45, 7) is 4.97. The number of piperidine rings is 1. The molecule has 0 saturated carbocycles. The van der Waals surface area contributed by atoms with Crippen molar-refractivity contribution in [2.24, 2.45) is 5.92 Å². The molecule has 1 amide bonds. The first-order valence-corrected chi connectivity index (χ1v) is 7.99. The van der Waals surface area contributed by atoms with Crippen LogP contribution in [0.3, 0.4) is 0 Å². The van der Waals surface area contributed by atoms with E-state index in [9.17, 15) is 4.79 Å². The Hall–Kier alpha value is -1.47. The van der Waals surface area contributed by atoms with Crippen molar-refractivity contribution < 1.29 is 18.8 Å². The van der Waals surface area contributed by atoms with Gasteiger partial charge in [-0.05, 0) is 32.6 Å². The molecule has 3 heterocycles. The first-order chi connectivity index (χ1) is 10.7. The van der Waals surface area contributed by atoms with Gasteiger partial charge in [0.1, 0.15) is 6.61 Å². The molecule has 1 aromatic heterocycles. The van der Waals surface area contributed by atoms with E-state index in [1.807, 2.05) is 4.90 Å². The summed E-state index contributed by atoms with van der Waals surface area (Å²) in [5, 5.41) is 3.74. The summed E-state index contributed by atoms with van der Waals surface area (Å²) >= 11 is 0. The number of carbonyl (C=O) groups is 1. The van der Waals surface area contributed by atoms with Gasteiger partial charge in [-0.3, -0.25) is 4.79 Å². The van der Waals surface area contributed by atoms with Crippen LogP contribution in [0, 0.1) is 12.8 Å². The van der Waals surface area contributed by atoms with Gasteiger partial charge >= 0.3 is 0 Å². The highest BCUT2D eigenvalue weighted by atomic mass is 16.5. The molecular weight excluding hydrogens is 286 g/mol. The third-order valence-corrected chi connectivity index (χ3v) is 4.27. The van der Waals surface area contributed by atoms with Crippen LogP contribution in [0.25, 0.3) is 0 Å². The lowest BCUT2D eigenvalue weighted by Crippen LogP contribution is -2.46. The van der Waals surface area contributed by atoms with E-state index >= 15 is 0 Å². The first-order valence-electron chi connectivity index (χ1n) is 7.99. The first kappa shape index (κ1) is 15.4. The van der Waals surface area contributed by atoms with Crippen LogP contribution in [0.4, 0.5) is 0 Å². The van der Waals surface area contributed by atoms with E-state index in [4.69, 9.17) is 14.0 Å². The minimum Gasteiger partial charge on any atom is -0.381 e. The molecule has 122 valence electrons. The van der Waals surface area contributed by atoms with Crippen molar-refractivity contribution in [1.29, 1.82) is 0 Å². The van der Waals surface area contributed by atoms with Gasteiger partial charge in [0.2, 0.25) is 5.91 Å². The fourth-order valence-corrected chi connectivity index (χ4v) is 3.06. The Balaban J connectivity index is 1.49. The largest absolute Gasteiger partial charge is 0.381 e. The average Bonchev–Trinajstić information content (AvgIpc) is 2.99. The number of rotatable bonds is 4. The van der Waals surface area contributed by atoms with E-state index in [0.29, 0.717) is 38.1 Å². The van der Waals surface area contributed by atoms with Crippen LogP contribution >= 0.6 is 0 Å². The van der Waals surface area contributed by atoms with Gasteiger partial charge in [-0.2, -0.15) is 4.98 Å². The van der Waals surface area contributed by atoms with Crippen LogP contribution in [0.1, 0.15) is 37.4 Å². The van der Waals surface area contributed by atoms with E-state index in [0.717, 1.165) is 32.2 Å². The zero-order valence-corrected chi connectivity index (χ0v) is 13.0. The van der Waals surface area contributed by atoms with E-state index in [-0.39, 0.29) is 17.9 Å². The number of likely N-dealkylation sites (tertiary alicyclic amines) is 1. The third kappa shape index (κ3) is 3.84. The predicted octanol–water partition coefficient (Wildman–Crippen LogP) is 1.31. The Kier molecular flexibility index (Phi) is 5.04. The highest BCUT2D eigenvalue weighted by molar-refractivity contribution is 5.79. The van der Waals surface area contributed by atoms with Gasteiger partial charge in [0.15, 0.2) is 5.82 Å². The van der Waals surface area contributed by atoms with Gasteiger partial charge in [0.25, 0.3) is 5.89 Å². The van der Waals surface area contributed by atoms with Crippen molar-refractivity contribution in [3.63, 3.8) is 0 Å². The van der Waals surface area contributed by atoms with E-state index < -0.39 is 0 Å². The number of ether oxygens (including phenoxy) is 2. The molecule has 1 atom stereocenters. The minimum atomic E-state index is 0.0461. The maximum absolute atomic E-state index is 12.6. The van der Waals surface area contributed by atoms with Gasteiger partial charge < -0.3 is 18.9 Å². The number of hydrogen-bond acceptors (Lipinski definition) is 6. The highest BCUT2D eigenvalue weighted by Gasteiger charge is 2.30. The van der Waals surface area contributed by atoms with E-state index in [1.54, 1.807) is 6.92 Å². The second-order valence-corrected chi connectivity index (χ2v) is 5.98. The van der Waals surface area contributed by atoms with Crippen LogP contribution in [0.5, 0.6) is 0 Å². The average molecular weight is 309 g/mol. The van der Waals surface area contributed by atoms with Gasteiger partial charge in [-0.15, -0.1) is 0 Å². The fourth-order valence-electron chi connectivity index (χ4n) is 3.06. The maximum atomic E-state index is 12.6. The van der Waals surface area contributed by atoms with Crippen LogP contribution < -0.4 is 0 Å². The van der Waals surface area contributed by atoms with Crippen LogP contribution in [0.2, 0.25) is 0 Å². The van der Waals surface area contributed by atoms with Gasteiger partial charge in [0.05, 0.1) is 6.10 Å². The van der Waals surface area contributed by atoms with E-state index in [1.165, 1.54) is 0 Å². The maximum Gasteiger partial charge on any atom is 0.252 e. The molecule has 0 spiro atoms. The zero-order chi connectivity index (χ0) is 15.4. The zero-order valence-electron chi connectivity index (χ0n) is 13.0. The molecule has 2 aliphatic rings.